The van der Waals surface area contributed by atoms with Gasteiger partial charge in [-0.05, 0) is 29.8 Å². The Balaban J connectivity index is 1.66. The van der Waals surface area contributed by atoms with Crippen molar-refractivity contribution in [3.63, 3.8) is 0 Å². The largest absolute Gasteiger partial charge is 0.420 e. The molecule has 28 heavy (non-hydrogen) atoms. The molecule has 0 atom stereocenters. The third kappa shape index (κ3) is 4.66. The zero-order chi connectivity index (χ0) is 20.3. The van der Waals surface area contributed by atoms with Gasteiger partial charge in [0.15, 0.2) is 5.65 Å². The number of benzene rings is 1. The third-order valence-electron chi connectivity index (χ3n) is 3.77. The van der Waals surface area contributed by atoms with Crippen LogP contribution in [0.4, 0.5) is 17.6 Å². The molecule has 0 fully saturated rings. The minimum atomic E-state index is -4.62. The van der Waals surface area contributed by atoms with E-state index in [0.29, 0.717) is 5.56 Å². The van der Waals surface area contributed by atoms with Gasteiger partial charge in [0.1, 0.15) is 17.2 Å². The Morgan fingerprint density at radius 2 is 2.04 bits per heavy atom. The highest BCUT2D eigenvalue weighted by molar-refractivity contribution is 6.30. The molecule has 2 aromatic heterocycles. The van der Waals surface area contributed by atoms with Crippen LogP contribution in [0.25, 0.3) is 11.7 Å². The second-order valence-electron chi connectivity index (χ2n) is 5.81. The van der Waals surface area contributed by atoms with Crippen LogP contribution in [0.15, 0.2) is 42.6 Å². The van der Waals surface area contributed by atoms with E-state index in [-0.39, 0.29) is 29.5 Å². The van der Waals surface area contributed by atoms with Gasteiger partial charge in [0.2, 0.25) is 5.91 Å². The van der Waals surface area contributed by atoms with Gasteiger partial charge in [0, 0.05) is 25.2 Å². The minimum absolute atomic E-state index is 0.108. The molecule has 0 unspecified atom stereocenters. The zero-order valence-electron chi connectivity index (χ0n) is 14.2. The van der Waals surface area contributed by atoms with E-state index in [0.717, 1.165) is 10.5 Å². The van der Waals surface area contributed by atoms with Gasteiger partial charge < -0.3 is 5.32 Å². The highest BCUT2D eigenvalue weighted by Crippen LogP contribution is 2.33. The Labute approximate surface area is 161 Å². The lowest BCUT2D eigenvalue weighted by atomic mass is 10.2. The van der Waals surface area contributed by atoms with Crippen LogP contribution >= 0.6 is 11.6 Å². The fraction of sp³-hybridized carbons (Fsp3) is 0.167. The number of alkyl halides is 3. The Bertz CT molecular complexity index is 1050. The molecular formula is C18H13ClF4N4O. The first-order valence-corrected chi connectivity index (χ1v) is 8.43. The summed E-state index contributed by atoms with van der Waals surface area (Å²) in [4.78, 5) is 11.8. The fourth-order valence-electron chi connectivity index (χ4n) is 2.52. The molecule has 0 saturated carbocycles. The number of nitrogens with zero attached hydrogens (tertiary/aromatic N) is 3. The standard InChI is InChI=1S/C18H13ClF4N4O/c19-12-9-14(18(21,22)23)17-26-25-15(27(17)10-12)6-7-24-16(28)5-4-11-2-1-3-13(20)8-11/h1-5,8-10H,6-7H2,(H,24,28). The quantitative estimate of drug-likeness (QED) is 0.510. The molecule has 2 heterocycles. The van der Waals surface area contributed by atoms with Crippen LogP contribution in [0.5, 0.6) is 0 Å². The molecule has 146 valence electrons. The number of nitrogens with one attached hydrogen (secondary N) is 1. The van der Waals surface area contributed by atoms with Crippen LogP contribution in [0.1, 0.15) is 17.0 Å². The molecular weight excluding hydrogens is 400 g/mol. The van der Waals surface area contributed by atoms with E-state index in [1.165, 1.54) is 36.5 Å². The molecule has 0 aliphatic carbocycles. The number of carbonyl (C=O) groups excluding carboxylic acids is 1. The second-order valence-corrected chi connectivity index (χ2v) is 6.25. The second kappa shape index (κ2) is 7.97. The predicted molar refractivity (Wildman–Crippen MR) is 95.1 cm³/mol. The molecule has 5 nitrogen and oxygen atoms in total. The Morgan fingerprint density at radius 1 is 1.25 bits per heavy atom. The van der Waals surface area contributed by atoms with Gasteiger partial charge in [-0.2, -0.15) is 13.2 Å². The minimum Gasteiger partial charge on any atom is -0.352 e. The number of aromatic nitrogens is 3. The van der Waals surface area contributed by atoms with Crippen molar-refractivity contribution in [1.29, 1.82) is 0 Å². The Kier molecular flexibility index (Phi) is 5.64. The van der Waals surface area contributed by atoms with Crippen molar-refractivity contribution >= 4 is 29.2 Å². The van der Waals surface area contributed by atoms with Gasteiger partial charge in [-0.3, -0.25) is 9.20 Å². The number of hydrogen-bond acceptors (Lipinski definition) is 3. The summed E-state index contributed by atoms with van der Waals surface area (Å²) >= 11 is 5.77. The van der Waals surface area contributed by atoms with Crippen LogP contribution in [-0.4, -0.2) is 27.0 Å². The van der Waals surface area contributed by atoms with Crippen molar-refractivity contribution in [2.75, 3.05) is 6.54 Å². The number of fused-ring (bicyclic) bond motifs is 1. The van der Waals surface area contributed by atoms with E-state index >= 15 is 0 Å². The molecule has 1 amide bonds. The number of carbonyl (C=O) groups is 1. The molecule has 1 N–H and O–H groups in total. The summed E-state index contributed by atoms with van der Waals surface area (Å²) in [5.74, 6) is -0.636. The van der Waals surface area contributed by atoms with Crippen LogP contribution < -0.4 is 5.32 Å². The van der Waals surface area contributed by atoms with Crippen LogP contribution in [0, 0.1) is 5.82 Å². The predicted octanol–water partition coefficient (Wildman–Crippen LogP) is 3.91. The lowest BCUT2D eigenvalue weighted by Gasteiger charge is -2.09. The van der Waals surface area contributed by atoms with Crippen LogP contribution in [0.3, 0.4) is 0 Å². The van der Waals surface area contributed by atoms with Gasteiger partial charge in [0.05, 0.1) is 5.02 Å². The van der Waals surface area contributed by atoms with E-state index < -0.39 is 23.5 Å². The van der Waals surface area contributed by atoms with E-state index in [1.54, 1.807) is 6.07 Å². The molecule has 0 saturated heterocycles. The topological polar surface area (TPSA) is 59.3 Å². The number of pyridine rings is 1. The molecule has 3 aromatic rings. The molecule has 10 heteroatoms. The van der Waals surface area contributed by atoms with Crippen LogP contribution in [0.2, 0.25) is 5.02 Å². The monoisotopic (exact) mass is 412 g/mol. The fourth-order valence-corrected chi connectivity index (χ4v) is 2.73. The SMILES string of the molecule is O=C(C=Cc1cccc(F)c1)NCCc1nnc2c(C(F)(F)F)cc(Cl)cn12. The average Bonchev–Trinajstić information content (AvgIpc) is 3.01. The lowest BCUT2D eigenvalue weighted by Crippen LogP contribution is -2.24. The maximum absolute atomic E-state index is 13.1. The van der Waals surface area contributed by atoms with Crippen LogP contribution in [-0.2, 0) is 17.4 Å². The number of halogens is 5. The summed E-state index contributed by atoms with van der Waals surface area (Å²) in [7, 11) is 0. The summed E-state index contributed by atoms with van der Waals surface area (Å²) in [6, 6.07) is 6.50. The molecule has 0 spiro atoms. The first-order valence-electron chi connectivity index (χ1n) is 8.06. The average molecular weight is 413 g/mol. The van der Waals surface area contributed by atoms with Crippen molar-refractivity contribution in [1.82, 2.24) is 19.9 Å². The highest BCUT2D eigenvalue weighted by atomic mass is 35.5. The molecule has 3 rings (SSSR count). The molecule has 0 aliphatic heterocycles. The summed E-state index contributed by atoms with van der Waals surface area (Å²) in [5, 5.41) is 9.80. The molecule has 0 radical (unpaired) electrons. The molecule has 0 bridgehead atoms. The van der Waals surface area contributed by atoms with E-state index in [1.807, 2.05) is 0 Å². The normalized spacial score (nSPS) is 12.0. The van der Waals surface area contributed by atoms with E-state index in [2.05, 4.69) is 15.5 Å². The zero-order valence-corrected chi connectivity index (χ0v) is 14.9. The van der Waals surface area contributed by atoms with Gasteiger partial charge >= 0.3 is 6.18 Å². The summed E-state index contributed by atoms with van der Waals surface area (Å²) in [5.41, 5.74) is -0.821. The smallest absolute Gasteiger partial charge is 0.352 e. The van der Waals surface area contributed by atoms with E-state index in [9.17, 15) is 22.4 Å². The van der Waals surface area contributed by atoms with Gasteiger partial charge in [-0.1, -0.05) is 23.7 Å². The van der Waals surface area contributed by atoms with Gasteiger partial charge in [-0.25, -0.2) is 4.39 Å². The van der Waals surface area contributed by atoms with Crippen molar-refractivity contribution in [2.45, 2.75) is 12.6 Å². The summed E-state index contributed by atoms with van der Waals surface area (Å²) < 4.78 is 53.5. The maximum Gasteiger partial charge on any atom is 0.420 e. The lowest BCUT2D eigenvalue weighted by molar-refractivity contribution is -0.136. The van der Waals surface area contributed by atoms with Gasteiger partial charge in [-0.15, -0.1) is 10.2 Å². The van der Waals surface area contributed by atoms with Crippen molar-refractivity contribution in [2.24, 2.45) is 0 Å². The number of amides is 1. The Hall–Kier alpha value is -2.94. The third-order valence-corrected chi connectivity index (χ3v) is 3.98. The number of rotatable bonds is 5. The summed E-state index contributed by atoms with van der Waals surface area (Å²) in [6.07, 6.45) is -0.520. The van der Waals surface area contributed by atoms with Crippen molar-refractivity contribution in [3.8, 4) is 0 Å². The molecule has 1 aromatic carbocycles. The highest BCUT2D eigenvalue weighted by Gasteiger charge is 2.35. The molecule has 0 aliphatic rings. The van der Waals surface area contributed by atoms with Gasteiger partial charge in [0.25, 0.3) is 0 Å². The van der Waals surface area contributed by atoms with E-state index in [4.69, 9.17) is 11.6 Å². The maximum atomic E-state index is 13.1. The summed E-state index contributed by atoms with van der Waals surface area (Å²) in [6.45, 7) is 0.112. The van der Waals surface area contributed by atoms with Crippen molar-refractivity contribution in [3.05, 3.63) is 70.4 Å². The van der Waals surface area contributed by atoms with Crippen molar-refractivity contribution < 1.29 is 22.4 Å². The Morgan fingerprint density at radius 3 is 2.75 bits per heavy atom. The first kappa shape index (κ1) is 19.8. The first-order chi connectivity index (χ1) is 13.2. The number of hydrogen-bond donors (Lipinski definition) is 1.